The standard InChI is InChI=1S/C11H20N4O2/c1-17-10-4-6-13-11(16)12-5-2-8-15-9-3-7-14-15/h3,7,9H,2,4-6,8,10H2,1H3,(H2,12,13,16). The molecule has 0 aliphatic heterocycles. The summed E-state index contributed by atoms with van der Waals surface area (Å²) in [5, 5.41) is 9.63. The van der Waals surface area contributed by atoms with Crippen molar-refractivity contribution in [3.8, 4) is 0 Å². The molecule has 0 saturated carbocycles. The number of aromatic nitrogens is 2. The van der Waals surface area contributed by atoms with Gasteiger partial charge in [-0.25, -0.2) is 4.79 Å². The summed E-state index contributed by atoms with van der Waals surface area (Å²) in [4.78, 5) is 11.3. The van der Waals surface area contributed by atoms with Crippen LogP contribution in [0.3, 0.4) is 0 Å². The van der Waals surface area contributed by atoms with Gasteiger partial charge < -0.3 is 15.4 Å². The third kappa shape index (κ3) is 6.57. The van der Waals surface area contributed by atoms with Crippen LogP contribution in [0.4, 0.5) is 4.79 Å². The van der Waals surface area contributed by atoms with E-state index in [-0.39, 0.29) is 6.03 Å². The zero-order chi connectivity index (χ0) is 12.3. The molecule has 96 valence electrons. The van der Waals surface area contributed by atoms with Crippen LogP contribution in [0.5, 0.6) is 0 Å². The van der Waals surface area contributed by atoms with Crippen LogP contribution in [-0.2, 0) is 11.3 Å². The highest BCUT2D eigenvalue weighted by molar-refractivity contribution is 5.73. The summed E-state index contributed by atoms with van der Waals surface area (Å²) in [6, 6.07) is 1.76. The summed E-state index contributed by atoms with van der Waals surface area (Å²) < 4.78 is 6.73. The van der Waals surface area contributed by atoms with Crippen LogP contribution in [0.2, 0.25) is 0 Å². The van der Waals surface area contributed by atoms with E-state index in [2.05, 4.69) is 15.7 Å². The molecule has 1 heterocycles. The average molecular weight is 240 g/mol. The van der Waals surface area contributed by atoms with Crippen molar-refractivity contribution in [3.05, 3.63) is 18.5 Å². The molecular weight excluding hydrogens is 220 g/mol. The van der Waals surface area contributed by atoms with Crippen molar-refractivity contribution in [1.29, 1.82) is 0 Å². The number of carbonyl (C=O) groups excluding carboxylic acids is 1. The molecule has 6 heteroatoms. The van der Waals surface area contributed by atoms with Crippen molar-refractivity contribution >= 4 is 6.03 Å². The van der Waals surface area contributed by atoms with Gasteiger partial charge in [-0.1, -0.05) is 0 Å². The predicted octanol–water partition coefficient (Wildman–Crippen LogP) is 0.609. The maximum Gasteiger partial charge on any atom is 0.314 e. The third-order valence-electron chi connectivity index (χ3n) is 2.22. The molecule has 2 N–H and O–H groups in total. The summed E-state index contributed by atoms with van der Waals surface area (Å²) >= 11 is 0. The van der Waals surface area contributed by atoms with Gasteiger partial charge in [0.15, 0.2) is 0 Å². The zero-order valence-electron chi connectivity index (χ0n) is 10.2. The second kappa shape index (κ2) is 8.58. The molecular formula is C11H20N4O2. The molecule has 17 heavy (non-hydrogen) atoms. The lowest BCUT2D eigenvalue weighted by Crippen LogP contribution is -2.37. The Balaban J connectivity index is 1.93. The van der Waals surface area contributed by atoms with Crippen molar-refractivity contribution in [2.75, 3.05) is 26.8 Å². The molecule has 0 radical (unpaired) electrons. The molecule has 0 fully saturated rings. The first-order valence-electron chi connectivity index (χ1n) is 5.81. The van der Waals surface area contributed by atoms with E-state index in [4.69, 9.17) is 4.74 Å². The van der Waals surface area contributed by atoms with Crippen molar-refractivity contribution in [2.24, 2.45) is 0 Å². The molecule has 2 amide bonds. The number of rotatable bonds is 8. The lowest BCUT2D eigenvalue weighted by Gasteiger charge is -2.07. The van der Waals surface area contributed by atoms with Gasteiger partial charge in [0.25, 0.3) is 0 Å². The fourth-order valence-electron chi connectivity index (χ4n) is 1.36. The lowest BCUT2D eigenvalue weighted by atomic mass is 10.4. The van der Waals surface area contributed by atoms with Gasteiger partial charge in [0.2, 0.25) is 0 Å². The van der Waals surface area contributed by atoms with E-state index in [1.165, 1.54) is 0 Å². The fraction of sp³-hybridized carbons (Fsp3) is 0.636. The minimum Gasteiger partial charge on any atom is -0.385 e. The Bertz CT molecular complexity index is 300. The summed E-state index contributed by atoms with van der Waals surface area (Å²) in [5.41, 5.74) is 0. The minimum absolute atomic E-state index is 0.124. The van der Waals surface area contributed by atoms with E-state index in [1.54, 1.807) is 13.3 Å². The van der Waals surface area contributed by atoms with Crippen LogP contribution >= 0.6 is 0 Å². The van der Waals surface area contributed by atoms with Crippen LogP contribution in [-0.4, -0.2) is 42.6 Å². The van der Waals surface area contributed by atoms with Gasteiger partial charge in [0, 0.05) is 45.7 Å². The first-order valence-corrected chi connectivity index (χ1v) is 5.81. The van der Waals surface area contributed by atoms with E-state index in [9.17, 15) is 4.79 Å². The SMILES string of the molecule is COCCCNC(=O)NCCCn1cccn1. The van der Waals surface area contributed by atoms with E-state index >= 15 is 0 Å². The molecule has 1 rings (SSSR count). The monoisotopic (exact) mass is 240 g/mol. The van der Waals surface area contributed by atoms with Gasteiger partial charge in [-0.3, -0.25) is 4.68 Å². The van der Waals surface area contributed by atoms with Gasteiger partial charge in [0.05, 0.1) is 0 Å². The Morgan fingerprint density at radius 2 is 2.12 bits per heavy atom. The third-order valence-corrected chi connectivity index (χ3v) is 2.22. The first-order chi connectivity index (χ1) is 8.33. The zero-order valence-corrected chi connectivity index (χ0v) is 10.2. The molecule has 0 unspecified atom stereocenters. The minimum atomic E-state index is -0.124. The lowest BCUT2D eigenvalue weighted by molar-refractivity contribution is 0.193. The second-order valence-corrected chi connectivity index (χ2v) is 3.65. The number of ether oxygens (including phenoxy) is 1. The van der Waals surface area contributed by atoms with Gasteiger partial charge in [0.1, 0.15) is 0 Å². The van der Waals surface area contributed by atoms with Crippen LogP contribution in [0.25, 0.3) is 0 Å². The number of carbonyl (C=O) groups is 1. The normalized spacial score (nSPS) is 10.2. The van der Waals surface area contributed by atoms with Crippen molar-refractivity contribution in [1.82, 2.24) is 20.4 Å². The number of hydrogen-bond acceptors (Lipinski definition) is 3. The molecule has 0 spiro atoms. The first kappa shape index (κ1) is 13.5. The average Bonchev–Trinajstić information content (AvgIpc) is 2.83. The molecule has 1 aromatic rings. The summed E-state index contributed by atoms with van der Waals surface area (Å²) in [6.07, 6.45) is 5.35. The molecule has 0 bridgehead atoms. The second-order valence-electron chi connectivity index (χ2n) is 3.65. The Morgan fingerprint density at radius 1 is 1.35 bits per heavy atom. The van der Waals surface area contributed by atoms with E-state index in [0.29, 0.717) is 19.7 Å². The van der Waals surface area contributed by atoms with E-state index in [0.717, 1.165) is 19.4 Å². The highest BCUT2D eigenvalue weighted by Crippen LogP contribution is 1.87. The Hall–Kier alpha value is -1.56. The topological polar surface area (TPSA) is 68.2 Å². The van der Waals surface area contributed by atoms with Gasteiger partial charge in [-0.05, 0) is 18.9 Å². The molecule has 0 aliphatic rings. The number of methoxy groups -OCH3 is 1. The summed E-state index contributed by atoms with van der Waals surface area (Å²) in [6.45, 7) is 2.77. The molecule has 0 saturated heterocycles. The number of hydrogen-bond donors (Lipinski definition) is 2. The summed E-state index contributed by atoms with van der Waals surface area (Å²) in [5.74, 6) is 0. The van der Waals surface area contributed by atoms with E-state index < -0.39 is 0 Å². The fourth-order valence-corrected chi connectivity index (χ4v) is 1.36. The van der Waals surface area contributed by atoms with Crippen LogP contribution < -0.4 is 10.6 Å². The highest BCUT2D eigenvalue weighted by Gasteiger charge is 1.98. The van der Waals surface area contributed by atoms with Crippen molar-refractivity contribution in [2.45, 2.75) is 19.4 Å². The van der Waals surface area contributed by atoms with E-state index in [1.807, 2.05) is 16.9 Å². The smallest absolute Gasteiger partial charge is 0.314 e. The predicted molar refractivity (Wildman–Crippen MR) is 64.7 cm³/mol. The Kier molecular flexibility index (Phi) is 6.81. The van der Waals surface area contributed by atoms with Crippen LogP contribution in [0.1, 0.15) is 12.8 Å². The van der Waals surface area contributed by atoms with Gasteiger partial charge in [-0.2, -0.15) is 5.10 Å². The molecule has 6 nitrogen and oxygen atoms in total. The van der Waals surface area contributed by atoms with Crippen LogP contribution in [0, 0.1) is 0 Å². The highest BCUT2D eigenvalue weighted by atomic mass is 16.5. The van der Waals surface area contributed by atoms with Crippen LogP contribution in [0.15, 0.2) is 18.5 Å². The Morgan fingerprint density at radius 3 is 2.76 bits per heavy atom. The maximum absolute atomic E-state index is 11.3. The van der Waals surface area contributed by atoms with Gasteiger partial charge in [-0.15, -0.1) is 0 Å². The number of aryl methyl sites for hydroxylation is 1. The molecule has 0 atom stereocenters. The quantitative estimate of drug-likeness (QED) is 0.654. The number of amides is 2. The number of urea groups is 1. The van der Waals surface area contributed by atoms with Gasteiger partial charge >= 0.3 is 6.03 Å². The largest absolute Gasteiger partial charge is 0.385 e. The maximum atomic E-state index is 11.3. The number of nitrogens with zero attached hydrogens (tertiary/aromatic N) is 2. The summed E-state index contributed by atoms with van der Waals surface area (Å²) in [7, 11) is 1.65. The molecule has 1 aromatic heterocycles. The van der Waals surface area contributed by atoms with Crippen molar-refractivity contribution in [3.63, 3.8) is 0 Å². The molecule has 0 aromatic carbocycles. The Labute approximate surface area is 101 Å². The number of nitrogens with one attached hydrogen (secondary N) is 2. The van der Waals surface area contributed by atoms with Crippen molar-refractivity contribution < 1.29 is 9.53 Å². The molecule has 0 aliphatic carbocycles.